The lowest BCUT2D eigenvalue weighted by Crippen LogP contribution is -2.40. The number of hydrogen-bond acceptors (Lipinski definition) is 7. The highest BCUT2D eigenvalue weighted by Crippen LogP contribution is 2.31. The Balaban J connectivity index is 1.63. The van der Waals surface area contributed by atoms with E-state index in [1.807, 2.05) is 11.8 Å². The van der Waals surface area contributed by atoms with Crippen molar-refractivity contribution in [2.75, 3.05) is 26.3 Å². The third-order valence-corrected chi connectivity index (χ3v) is 5.56. The fourth-order valence-corrected chi connectivity index (χ4v) is 3.82. The van der Waals surface area contributed by atoms with Crippen LogP contribution in [0.1, 0.15) is 32.1 Å². The largest absolute Gasteiger partial charge is 0.489 e. The molecule has 0 atom stereocenters. The molecule has 2 heterocycles. The third-order valence-electron chi connectivity index (χ3n) is 5.56. The minimum Gasteiger partial charge on any atom is -0.489 e. The monoisotopic (exact) mass is 411 g/mol. The van der Waals surface area contributed by atoms with Gasteiger partial charge in [0.25, 0.3) is 5.69 Å². The summed E-state index contributed by atoms with van der Waals surface area (Å²) in [7, 11) is 1.75. The number of fused-ring (bicyclic) bond motifs is 1. The Labute approximate surface area is 172 Å². The Hall–Kier alpha value is -3.46. The van der Waals surface area contributed by atoms with Crippen LogP contribution in [0.25, 0.3) is 0 Å². The lowest BCUT2D eigenvalue weighted by Gasteiger charge is -2.31. The summed E-state index contributed by atoms with van der Waals surface area (Å²) in [6.45, 7) is 4.04. The first-order valence-corrected chi connectivity index (χ1v) is 9.57. The van der Waals surface area contributed by atoms with E-state index in [0.717, 1.165) is 5.69 Å². The molecule has 0 bridgehead atoms. The van der Waals surface area contributed by atoms with E-state index in [1.54, 1.807) is 11.6 Å². The van der Waals surface area contributed by atoms with E-state index in [0.29, 0.717) is 54.6 Å². The molecular weight excluding hydrogens is 390 g/mol. The van der Waals surface area contributed by atoms with Gasteiger partial charge < -0.3 is 18.9 Å². The Morgan fingerprint density at radius 1 is 1.17 bits per heavy atom. The van der Waals surface area contributed by atoms with E-state index in [4.69, 9.17) is 9.47 Å². The molecule has 1 fully saturated rings. The summed E-state index contributed by atoms with van der Waals surface area (Å²) in [4.78, 5) is 38.4. The first kappa shape index (κ1) is 19.8. The van der Waals surface area contributed by atoms with Gasteiger partial charge in [-0.05, 0) is 19.1 Å². The third kappa shape index (κ3) is 3.37. The smallest absolute Gasteiger partial charge is 0.269 e. The SMILES string of the molecule is Cc1c(COc2ccc([N+](=O)[O-])cc2)c2c(n1C)C(=O)C=C(N1CCOCC1)C2=O. The molecule has 9 nitrogen and oxygen atoms in total. The summed E-state index contributed by atoms with van der Waals surface area (Å²) in [5, 5.41) is 10.8. The van der Waals surface area contributed by atoms with E-state index >= 15 is 0 Å². The van der Waals surface area contributed by atoms with E-state index in [-0.39, 0.29) is 23.9 Å². The zero-order chi connectivity index (χ0) is 21.4. The fourth-order valence-electron chi connectivity index (χ4n) is 3.82. The number of benzene rings is 1. The molecular formula is C21H21N3O6. The van der Waals surface area contributed by atoms with E-state index in [2.05, 4.69) is 0 Å². The summed E-state index contributed by atoms with van der Waals surface area (Å²) >= 11 is 0. The molecule has 0 spiro atoms. The lowest BCUT2D eigenvalue weighted by molar-refractivity contribution is -0.384. The Kier molecular flexibility index (Phi) is 5.13. The van der Waals surface area contributed by atoms with Gasteiger partial charge in [0, 0.05) is 49.6 Å². The molecule has 156 valence electrons. The zero-order valence-electron chi connectivity index (χ0n) is 16.7. The number of carbonyl (C=O) groups excluding carboxylic acids is 2. The molecule has 1 aliphatic heterocycles. The number of non-ortho nitro benzene ring substituents is 1. The standard InChI is InChI=1S/C21H21N3O6/c1-13-16(12-30-15-5-3-14(4-6-15)24(27)28)19-20(22(13)2)18(25)11-17(21(19)26)23-7-9-29-10-8-23/h3-6,11H,7-10,12H2,1-2H3. The molecule has 0 amide bonds. The van der Waals surface area contributed by atoms with Crippen molar-refractivity contribution in [2.24, 2.45) is 7.05 Å². The van der Waals surface area contributed by atoms with Crippen molar-refractivity contribution in [2.45, 2.75) is 13.5 Å². The Morgan fingerprint density at radius 2 is 1.83 bits per heavy atom. The van der Waals surface area contributed by atoms with Crippen LogP contribution in [0, 0.1) is 17.0 Å². The highest BCUT2D eigenvalue weighted by atomic mass is 16.6. The average Bonchev–Trinajstić information content (AvgIpc) is 3.01. The second-order valence-corrected chi connectivity index (χ2v) is 7.21. The predicted molar refractivity (Wildman–Crippen MR) is 107 cm³/mol. The minimum atomic E-state index is -0.481. The summed E-state index contributed by atoms with van der Waals surface area (Å²) in [5.41, 5.74) is 2.49. The number of hydrogen-bond donors (Lipinski definition) is 0. The highest BCUT2D eigenvalue weighted by molar-refractivity contribution is 6.24. The van der Waals surface area contributed by atoms with Crippen LogP contribution >= 0.6 is 0 Å². The normalized spacial score (nSPS) is 16.3. The van der Waals surface area contributed by atoms with Gasteiger partial charge in [-0.3, -0.25) is 19.7 Å². The van der Waals surface area contributed by atoms with Crippen molar-refractivity contribution in [3.8, 4) is 5.75 Å². The maximum Gasteiger partial charge on any atom is 0.269 e. The molecule has 1 saturated heterocycles. The second kappa shape index (κ2) is 7.75. The molecule has 0 radical (unpaired) electrons. The van der Waals surface area contributed by atoms with Crippen molar-refractivity contribution >= 4 is 17.3 Å². The molecule has 1 aromatic carbocycles. The number of ketones is 2. The first-order valence-electron chi connectivity index (χ1n) is 9.57. The maximum absolute atomic E-state index is 13.3. The topological polar surface area (TPSA) is 104 Å². The van der Waals surface area contributed by atoms with Gasteiger partial charge in [-0.1, -0.05) is 0 Å². The van der Waals surface area contributed by atoms with Gasteiger partial charge in [0.2, 0.25) is 11.6 Å². The van der Waals surface area contributed by atoms with Crippen molar-refractivity contribution in [1.82, 2.24) is 9.47 Å². The van der Waals surface area contributed by atoms with Gasteiger partial charge in [0.15, 0.2) is 0 Å². The van der Waals surface area contributed by atoms with Crippen LogP contribution < -0.4 is 4.74 Å². The molecule has 1 aromatic heterocycles. The number of rotatable bonds is 5. The number of nitro benzene ring substituents is 1. The maximum atomic E-state index is 13.3. The zero-order valence-corrected chi connectivity index (χ0v) is 16.7. The molecule has 0 N–H and O–H groups in total. The molecule has 2 aromatic rings. The van der Waals surface area contributed by atoms with E-state index in [1.165, 1.54) is 30.3 Å². The molecule has 0 saturated carbocycles. The number of aromatic nitrogens is 1. The van der Waals surface area contributed by atoms with Crippen LogP contribution in [0.3, 0.4) is 0 Å². The van der Waals surface area contributed by atoms with Crippen molar-refractivity contribution in [1.29, 1.82) is 0 Å². The van der Waals surface area contributed by atoms with Crippen molar-refractivity contribution in [3.05, 3.63) is 68.7 Å². The molecule has 0 unspecified atom stereocenters. The second-order valence-electron chi connectivity index (χ2n) is 7.21. The lowest BCUT2D eigenvalue weighted by atomic mass is 9.94. The molecule has 4 rings (SSSR count). The number of carbonyl (C=O) groups is 2. The molecule has 1 aliphatic carbocycles. The minimum absolute atomic E-state index is 0.0308. The quantitative estimate of drug-likeness (QED) is 0.550. The van der Waals surface area contributed by atoms with Gasteiger partial charge in [-0.25, -0.2) is 0 Å². The number of allylic oxidation sites excluding steroid dienone is 2. The highest BCUT2D eigenvalue weighted by Gasteiger charge is 2.35. The number of nitro groups is 1. The van der Waals surface area contributed by atoms with Gasteiger partial charge in [0.1, 0.15) is 18.1 Å². The summed E-state index contributed by atoms with van der Waals surface area (Å²) in [6.07, 6.45) is 1.41. The Bertz CT molecular complexity index is 1060. The van der Waals surface area contributed by atoms with Crippen molar-refractivity contribution < 1.29 is 24.0 Å². The van der Waals surface area contributed by atoms with Gasteiger partial charge >= 0.3 is 0 Å². The molecule has 30 heavy (non-hydrogen) atoms. The summed E-state index contributed by atoms with van der Waals surface area (Å²) in [6, 6.07) is 5.73. The van der Waals surface area contributed by atoms with Crippen LogP contribution in [0.4, 0.5) is 5.69 Å². The number of ether oxygens (including phenoxy) is 2. The average molecular weight is 411 g/mol. The molecule has 2 aliphatic rings. The number of nitrogens with zero attached hydrogens (tertiary/aromatic N) is 3. The van der Waals surface area contributed by atoms with Crippen LogP contribution in [-0.4, -0.2) is 52.3 Å². The van der Waals surface area contributed by atoms with Crippen LogP contribution in [0.2, 0.25) is 0 Å². The number of morpholine rings is 1. The number of Topliss-reactive ketones (excluding diaryl/α,β-unsaturated/α-hetero) is 1. The van der Waals surface area contributed by atoms with Gasteiger partial charge in [-0.15, -0.1) is 0 Å². The predicted octanol–water partition coefficient (Wildman–Crippen LogP) is 2.42. The Morgan fingerprint density at radius 3 is 2.47 bits per heavy atom. The van der Waals surface area contributed by atoms with E-state index in [9.17, 15) is 19.7 Å². The van der Waals surface area contributed by atoms with E-state index < -0.39 is 4.92 Å². The van der Waals surface area contributed by atoms with Gasteiger partial charge in [0.05, 0.1) is 29.4 Å². The molecule has 9 heteroatoms. The fraction of sp³-hybridized carbons (Fsp3) is 0.333. The van der Waals surface area contributed by atoms with Crippen molar-refractivity contribution in [3.63, 3.8) is 0 Å². The van der Waals surface area contributed by atoms with Crippen LogP contribution in [0.15, 0.2) is 36.0 Å². The van der Waals surface area contributed by atoms with Crippen LogP contribution in [0.5, 0.6) is 5.75 Å². The summed E-state index contributed by atoms with van der Waals surface area (Å²) < 4.78 is 12.9. The van der Waals surface area contributed by atoms with Crippen LogP contribution in [-0.2, 0) is 18.4 Å². The van der Waals surface area contributed by atoms with Gasteiger partial charge in [-0.2, -0.15) is 0 Å². The first-order chi connectivity index (χ1) is 14.4. The summed E-state index contributed by atoms with van der Waals surface area (Å²) in [5.74, 6) is 0.0342.